The van der Waals surface area contributed by atoms with Crippen molar-refractivity contribution < 1.29 is 26.4 Å². The topological polar surface area (TPSA) is 114 Å². The zero-order chi connectivity index (χ0) is 21.9. The zero-order valence-corrected chi connectivity index (χ0v) is 16.4. The maximum absolute atomic E-state index is 13.5. The van der Waals surface area contributed by atoms with Gasteiger partial charge < -0.3 is 5.32 Å². The molecule has 0 aliphatic carbocycles. The van der Waals surface area contributed by atoms with Crippen molar-refractivity contribution in [1.29, 1.82) is 0 Å². The molecule has 0 saturated heterocycles. The summed E-state index contributed by atoms with van der Waals surface area (Å²) in [6.45, 7) is -0.176. The van der Waals surface area contributed by atoms with Crippen LogP contribution in [0.5, 0.6) is 0 Å². The van der Waals surface area contributed by atoms with E-state index in [1.54, 1.807) is 0 Å². The van der Waals surface area contributed by atoms with E-state index >= 15 is 0 Å². The molecule has 1 aromatic carbocycles. The summed E-state index contributed by atoms with van der Waals surface area (Å²) in [5.74, 6) is -0.766. The van der Waals surface area contributed by atoms with E-state index in [4.69, 9.17) is 0 Å². The molecule has 8 nitrogen and oxygen atoms in total. The van der Waals surface area contributed by atoms with Gasteiger partial charge in [0.25, 0.3) is 5.91 Å². The molecule has 0 bridgehead atoms. The fourth-order valence-electron chi connectivity index (χ4n) is 2.76. The maximum atomic E-state index is 13.5. The second kappa shape index (κ2) is 8.32. The Hall–Kier alpha value is -3.12. The number of amides is 1. The Morgan fingerprint density at radius 1 is 1.13 bits per heavy atom. The Morgan fingerprint density at radius 3 is 2.57 bits per heavy atom. The fraction of sp³-hybridized carbons (Fsp3) is 0.222. The SMILES string of the molecule is CS(=O)(=O)NCCNC(=O)c1nc2ncncc2cc1-c1ccccc1C(F)(F)F. The number of carbonyl (C=O) groups is 1. The van der Waals surface area contributed by atoms with E-state index in [1.807, 2.05) is 0 Å². The number of fused-ring (bicyclic) bond motifs is 1. The van der Waals surface area contributed by atoms with Crippen molar-refractivity contribution in [2.24, 2.45) is 0 Å². The molecule has 30 heavy (non-hydrogen) atoms. The van der Waals surface area contributed by atoms with Crippen LogP contribution >= 0.6 is 0 Å². The molecule has 0 saturated carbocycles. The minimum atomic E-state index is -4.65. The molecular formula is C18H16F3N5O3S. The zero-order valence-electron chi connectivity index (χ0n) is 15.6. The molecule has 0 fully saturated rings. The van der Waals surface area contributed by atoms with Gasteiger partial charge in [-0.1, -0.05) is 18.2 Å². The third-order valence-corrected chi connectivity index (χ3v) is 4.73. The minimum Gasteiger partial charge on any atom is -0.349 e. The van der Waals surface area contributed by atoms with Crippen molar-refractivity contribution >= 4 is 27.0 Å². The van der Waals surface area contributed by atoms with Gasteiger partial charge >= 0.3 is 6.18 Å². The van der Waals surface area contributed by atoms with Gasteiger partial charge in [-0.25, -0.2) is 28.1 Å². The third kappa shape index (κ3) is 5.07. The summed E-state index contributed by atoms with van der Waals surface area (Å²) in [5.41, 5.74) is -1.31. The van der Waals surface area contributed by atoms with Crippen LogP contribution in [0.15, 0.2) is 42.9 Å². The van der Waals surface area contributed by atoms with Crippen LogP contribution in [0.4, 0.5) is 13.2 Å². The number of nitrogens with one attached hydrogen (secondary N) is 2. The van der Waals surface area contributed by atoms with Gasteiger partial charge in [-0.05, 0) is 17.7 Å². The van der Waals surface area contributed by atoms with Gasteiger partial charge in [-0.15, -0.1) is 0 Å². The monoisotopic (exact) mass is 439 g/mol. The van der Waals surface area contributed by atoms with Crippen molar-refractivity contribution in [1.82, 2.24) is 25.0 Å². The van der Waals surface area contributed by atoms with Crippen molar-refractivity contribution in [3.05, 3.63) is 54.1 Å². The quantitative estimate of drug-likeness (QED) is 0.568. The lowest BCUT2D eigenvalue weighted by Gasteiger charge is -2.16. The van der Waals surface area contributed by atoms with Crippen molar-refractivity contribution in [2.75, 3.05) is 19.3 Å². The third-order valence-electron chi connectivity index (χ3n) is 4.00. The average molecular weight is 439 g/mol. The Balaban J connectivity index is 2.05. The molecule has 0 spiro atoms. The molecule has 0 atom stereocenters. The summed E-state index contributed by atoms with van der Waals surface area (Å²) in [7, 11) is -3.45. The highest BCUT2D eigenvalue weighted by Gasteiger charge is 2.34. The first kappa shape index (κ1) is 21.6. The van der Waals surface area contributed by atoms with E-state index in [2.05, 4.69) is 25.0 Å². The number of hydrogen-bond acceptors (Lipinski definition) is 6. The molecule has 0 radical (unpaired) electrons. The minimum absolute atomic E-state index is 0.0428. The van der Waals surface area contributed by atoms with Gasteiger partial charge in [0.1, 0.15) is 12.0 Å². The average Bonchev–Trinajstić information content (AvgIpc) is 2.68. The van der Waals surface area contributed by atoms with E-state index in [1.165, 1.54) is 36.8 Å². The van der Waals surface area contributed by atoms with E-state index in [0.717, 1.165) is 12.3 Å². The van der Waals surface area contributed by atoms with Gasteiger partial charge in [-0.2, -0.15) is 13.2 Å². The second-order valence-electron chi connectivity index (χ2n) is 6.29. The van der Waals surface area contributed by atoms with Crippen LogP contribution < -0.4 is 10.0 Å². The molecule has 0 aliphatic heterocycles. The summed E-state index contributed by atoms with van der Waals surface area (Å²) in [4.78, 5) is 24.6. The Labute approximate surface area is 169 Å². The molecule has 1 amide bonds. The maximum Gasteiger partial charge on any atom is 0.417 e. The lowest BCUT2D eigenvalue weighted by Crippen LogP contribution is -2.34. The van der Waals surface area contributed by atoms with Crippen LogP contribution in [0.25, 0.3) is 22.2 Å². The van der Waals surface area contributed by atoms with Gasteiger partial charge in [0.15, 0.2) is 5.65 Å². The van der Waals surface area contributed by atoms with Crippen LogP contribution in [0.2, 0.25) is 0 Å². The number of nitrogens with zero attached hydrogens (tertiary/aromatic N) is 3. The molecule has 158 valence electrons. The van der Waals surface area contributed by atoms with Gasteiger partial charge in [0, 0.05) is 30.2 Å². The number of halogens is 3. The number of hydrogen-bond donors (Lipinski definition) is 2. The molecule has 3 aromatic rings. The number of alkyl halides is 3. The highest BCUT2D eigenvalue weighted by Crippen LogP contribution is 2.38. The van der Waals surface area contributed by atoms with Crippen LogP contribution in [0.3, 0.4) is 0 Å². The standard InChI is InChI=1S/C18H16F3N5O3S/c1-30(28,29)25-7-6-23-17(27)15-13(8-11-9-22-10-24-16(11)26-15)12-4-2-3-5-14(12)18(19,20)21/h2-5,8-10,25H,6-7H2,1H3,(H,23,27). The summed E-state index contributed by atoms with van der Waals surface area (Å²) in [6, 6.07) is 6.21. The predicted octanol–water partition coefficient (Wildman–Crippen LogP) is 1.99. The molecule has 0 aliphatic rings. The second-order valence-corrected chi connectivity index (χ2v) is 8.12. The summed E-state index contributed by atoms with van der Waals surface area (Å²) in [5, 5.41) is 2.81. The first-order chi connectivity index (χ1) is 14.1. The molecule has 3 rings (SSSR count). The molecule has 12 heteroatoms. The van der Waals surface area contributed by atoms with Crippen molar-refractivity contribution in [3.8, 4) is 11.1 Å². The van der Waals surface area contributed by atoms with Crippen LogP contribution in [0.1, 0.15) is 16.1 Å². The number of carbonyl (C=O) groups excluding carboxylic acids is 1. The number of benzene rings is 1. The van der Waals surface area contributed by atoms with E-state index in [9.17, 15) is 26.4 Å². The molecule has 2 heterocycles. The van der Waals surface area contributed by atoms with Crippen LogP contribution in [-0.2, 0) is 16.2 Å². The Kier molecular flexibility index (Phi) is 5.99. The van der Waals surface area contributed by atoms with Gasteiger partial charge in [-0.3, -0.25) is 4.79 Å². The normalized spacial score (nSPS) is 12.1. The molecule has 2 N–H and O–H groups in total. The highest BCUT2D eigenvalue weighted by molar-refractivity contribution is 7.88. The van der Waals surface area contributed by atoms with Crippen molar-refractivity contribution in [3.63, 3.8) is 0 Å². The Bertz CT molecular complexity index is 1200. The lowest BCUT2D eigenvalue weighted by atomic mass is 9.96. The first-order valence-electron chi connectivity index (χ1n) is 8.56. The van der Waals surface area contributed by atoms with Crippen LogP contribution in [-0.4, -0.2) is 48.6 Å². The number of pyridine rings is 1. The number of aromatic nitrogens is 3. The smallest absolute Gasteiger partial charge is 0.349 e. The summed E-state index contributed by atoms with van der Waals surface area (Å²) >= 11 is 0. The van der Waals surface area contributed by atoms with Crippen LogP contribution in [0, 0.1) is 0 Å². The van der Waals surface area contributed by atoms with Gasteiger partial charge in [0.2, 0.25) is 10.0 Å². The lowest BCUT2D eigenvalue weighted by molar-refractivity contribution is -0.137. The van der Waals surface area contributed by atoms with Gasteiger partial charge in [0.05, 0.1) is 11.8 Å². The predicted molar refractivity (Wildman–Crippen MR) is 103 cm³/mol. The highest BCUT2D eigenvalue weighted by atomic mass is 32.2. The first-order valence-corrected chi connectivity index (χ1v) is 10.5. The molecule has 0 unspecified atom stereocenters. The number of rotatable bonds is 6. The summed E-state index contributed by atoms with van der Waals surface area (Å²) in [6.07, 6.45) is -1.10. The largest absolute Gasteiger partial charge is 0.417 e. The van der Waals surface area contributed by atoms with E-state index < -0.39 is 27.7 Å². The fourth-order valence-corrected chi connectivity index (χ4v) is 3.23. The molecular weight excluding hydrogens is 423 g/mol. The summed E-state index contributed by atoms with van der Waals surface area (Å²) < 4.78 is 65.0. The molecule has 2 aromatic heterocycles. The van der Waals surface area contributed by atoms with E-state index in [-0.39, 0.29) is 35.6 Å². The van der Waals surface area contributed by atoms with Crippen molar-refractivity contribution in [2.45, 2.75) is 6.18 Å². The Morgan fingerprint density at radius 2 is 1.87 bits per heavy atom. The van der Waals surface area contributed by atoms with E-state index in [0.29, 0.717) is 5.39 Å². The number of sulfonamides is 1.